The first-order valence-corrected chi connectivity index (χ1v) is 26.3. The molecule has 6 heteroatoms. The summed E-state index contributed by atoms with van der Waals surface area (Å²) in [4.78, 5) is 16.3. The Kier molecular flexibility index (Phi) is 9.22. The minimum absolute atomic E-state index is 0.623. The molecule has 10 aromatic carbocycles. The Hall–Kier alpha value is -8.97. The van der Waals surface area contributed by atoms with Crippen LogP contribution in [0, 0.1) is 0 Å². The van der Waals surface area contributed by atoms with Crippen LogP contribution in [0.2, 0.25) is 6.55 Å². The van der Waals surface area contributed by atoms with Crippen molar-refractivity contribution < 1.29 is 0 Å². The third kappa shape index (κ3) is 6.20. The fourth-order valence-electron chi connectivity index (χ4n) is 11.3. The van der Waals surface area contributed by atoms with E-state index >= 15 is 0 Å². The van der Waals surface area contributed by atoms with Crippen LogP contribution in [0.4, 0.5) is 0 Å². The van der Waals surface area contributed by atoms with Crippen molar-refractivity contribution in [3.63, 3.8) is 0 Å². The number of benzene rings is 10. The zero-order valence-electron chi connectivity index (χ0n) is 38.3. The molecule has 13 aromatic rings. The monoisotopic (exact) mass is 909 g/mol. The molecule has 0 radical (unpaired) electrons. The average molecular weight is 910 g/mol. The summed E-state index contributed by atoms with van der Waals surface area (Å²) in [6.45, 7) is 2.43. The maximum absolute atomic E-state index is 5.50. The highest BCUT2D eigenvalue weighted by atomic mass is 28.3. The quantitative estimate of drug-likeness (QED) is 0.150. The first kappa shape index (κ1) is 40.1. The molecule has 0 aliphatic carbocycles. The van der Waals surface area contributed by atoms with Crippen LogP contribution in [0.3, 0.4) is 0 Å². The molecule has 1 aliphatic rings. The van der Waals surface area contributed by atoms with Gasteiger partial charge < -0.3 is 9.13 Å². The molecular weight excluding hydrogens is 867 g/mol. The number of hydrogen-bond acceptors (Lipinski definition) is 3. The molecule has 0 fully saturated rings. The summed E-state index contributed by atoms with van der Waals surface area (Å²) in [5.74, 6) is 1.93. The van der Waals surface area contributed by atoms with Crippen LogP contribution in [-0.4, -0.2) is 32.9 Å². The van der Waals surface area contributed by atoms with Gasteiger partial charge in [0.1, 0.15) is 8.80 Å². The molecule has 0 bridgehead atoms. The zero-order valence-corrected chi connectivity index (χ0v) is 39.5. The normalized spacial score (nSPS) is 13.1. The average Bonchev–Trinajstić information content (AvgIpc) is 4.06. The Bertz CT molecular complexity index is 4190. The molecule has 328 valence electrons. The molecule has 4 heterocycles. The fraction of sp³-hybridized carbons (Fsp3) is 0.0156. The summed E-state index contributed by atoms with van der Waals surface area (Å²) < 4.78 is 4.81. The van der Waals surface area contributed by atoms with Crippen molar-refractivity contribution >= 4 is 62.8 Å². The number of rotatable bonds is 7. The topological polar surface area (TPSA) is 48.5 Å². The van der Waals surface area contributed by atoms with Crippen LogP contribution in [0.15, 0.2) is 237 Å². The van der Waals surface area contributed by atoms with E-state index in [1.807, 2.05) is 0 Å². The van der Waals surface area contributed by atoms with Gasteiger partial charge in [0.15, 0.2) is 17.5 Å². The summed E-state index contributed by atoms with van der Waals surface area (Å²) in [5.41, 5.74) is 16.9. The van der Waals surface area contributed by atoms with Gasteiger partial charge in [0.05, 0.1) is 27.8 Å². The molecule has 1 aliphatic heterocycles. The fourth-order valence-corrected chi connectivity index (χ4v) is 13.9. The van der Waals surface area contributed by atoms with Crippen molar-refractivity contribution in [2.75, 3.05) is 0 Å². The highest BCUT2D eigenvalue weighted by Gasteiger charge is 2.30. The van der Waals surface area contributed by atoms with Crippen LogP contribution in [-0.2, 0) is 0 Å². The van der Waals surface area contributed by atoms with Gasteiger partial charge in [0, 0.05) is 43.9 Å². The van der Waals surface area contributed by atoms with Gasteiger partial charge in [-0.05, 0) is 87.1 Å². The maximum Gasteiger partial charge on any atom is 0.166 e. The second kappa shape index (κ2) is 16.1. The number of fused-ring (bicyclic) bond motifs is 9. The minimum atomic E-state index is -1.41. The lowest BCUT2D eigenvalue weighted by atomic mass is 9.95. The lowest BCUT2D eigenvalue weighted by molar-refractivity contribution is 1.07. The van der Waals surface area contributed by atoms with E-state index in [1.54, 1.807) is 0 Å². The standard InChI is InChI=1S/C64H43N5Si/c1-70-57-35-15-11-26-50(57)61-51(29-18-36-58(61)70)64-66-62(43-39-37-42(38-40-43)41-19-4-2-5-20-41)65-63(67-64)49-25-10-14-32-54(49)69-53-31-13-9-24-48(53)60-46(28-17-34-56(60)69)45-27-16-33-55-59(45)47-23-8-12-30-52(47)68(55)44-21-6-3-7-22-44/h2-40,70H,1H3. The van der Waals surface area contributed by atoms with Gasteiger partial charge in [-0.25, -0.2) is 15.0 Å². The van der Waals surface area contributed by atoms with Crippen molar-refractivity contribution in [3.05, 3.63) is 237 Å². The molecule has 70 heavy (non-hydrogen) atoms. The Morgan fingerprint density at radius 3 is 1.49 bits per heavy atom. The Morgan fingerprint density at radius 2 is 0.771 bits per heavy atom. The minimum Gasteiger partial charge on any atom is -0.309 e. The molecule has 0 saturated heterocycles. The van der Waals surface area contributed by atoms with Gasteiger partial charge in [-0.3, -0.25) is 0 Å². The number of para-hydroxylation sites is 4. The first-order chi connectivity index (χ1) is 34.7. The highest BCUT2D eigenvalue weighted by Crippen LogP contribution is 2.45. The van der Waals surface area contributed by atoms with Gasteiger partial charge in [-0.1, -0.05) is 200 Å². The molecule has 0 spiro atoms. The van der Waals surface area contributed by atoms with Gasteiger partial charge in [0.25, 0.3) is 0 Å². The number of aromatic nitrogens is 5. The predicted molar refractivity (Wildman–Crippen MR) is 293 cm³/mol. The third-order valence-corrected chi connectivity index (χ3v) is 17.3. The van der Waals surface area contributed by atoms with Gasteiger partial charge in [-0.2, -0.15) is 0 Å². The third-order valence-electron chi connectivity index (χ3n) is 14.5. The van der Waals surface area contributed by atoms with Crippen LogP contribution in [0.5, 0.6) is 0 Å². The Balaban J connectivity index is 0.995. The molecule has 0 amide bonds. The van der Waals surface area contributed by atoms with E-state index in [2.05, 4.69) is 252 Å². The smallest absolute Gasteiger partial charge is 0.166 e. The van der Waals surface area contributed by atoms with Crippen LogP contribution < -0.4 is 10.4 Å². The lowest BCUT2D eigenvalue weighted by Gasteiger charge is -2.16. The van der Waals surface area contributed by atoms with Crippen molar-refractivity contribution in [1.82, 2.24) is 24.1 Å². The maximum atomic E-state index is 5.50. The second-order valence-corrected chi connectivity index (χ2v) is 21.0. The van der Waals surface area contributed by atoms with E-state index in [0.29, 0.717) is 17.5 Å². The molecular formula is C64H43N5Si. The van der Waals surface area contributed by atoms with E-state index < -0.39 is 8.80 Å². The summed E-state index contributed by atoms with van der Waals surface area (Å²) in [7, 11) is -1.41. The van der Waals surface area contributed by atoms with Gasteiger partial charge >= 0.3 is 0 Å². The van der Waals surface area contributed by atoms with Crippen molar-refractivity contribution in [1.29, 1.82) is 0 Å². The molecule has 5 nitrogen and oxygen atoms in total. The molecule has 0 N–H and O–H groups in total. The zero-order chi connectivity index (χ0) is 46.3. The van der Waals surface area contributed by atoms with Crippen LogP contribution in [0.1, 0.15) is 0 Å². The highest BCUT2D eigenvalue weighted by molar-refractivity contribution is 6.88. The molecule has 3 aromatic heterocycles. The summed E-state index contributed by atoms with van der Waals surface area (Å²) >= 11 is 0. The summed E-state index contributed by atoms with van der Waals surface area (Å²) in [6, 6.07) is 85.1. The van der Waals surface area contributed by atoms with E-state index in [1.165, 1.54) is 70.8 Å². The van der Waals surface area contributed by atoms with Crippen LogP contribution >= 0.6 is 0 Å². The van der Waals surface area contributed by atoms with Crippen molar-refractivity contribution in [3.8, 4) is 78.9 Å². The van der Waals surface area contributed by atoms with Crippen molar-refractivity contribution in [2.45, 2.75) is 6.55 Å². The summed E-state index contributed by atoms with van der Waals surface area (Å²) in [5, 5.41) is 7.73. The van der Waals surface area contributed by atoms with E-state index in [9.17, 15) is 0 Å². The Morgan fingerprint density at radius 1 is 0.314 bits per heavy atom. The lowest BCUT2D eigenvalue weighted by Crippen LogP contribution is -2.34. The molecule has 14 rings (SSSR count). The van der Waals surface area contributed by atoms with Gasteiger partial charge in [0.2, 0.25) is 0 Å². The Labute approximate surface area is 406 Å². The summed E-state index contributed by atoms with van der Waals surface area (Å²) in [6.07, 6.45) is 0. The SMILES string of the molecule is C[SiH]1c2ccccc2-c2c(-c3nc(-c4ccc(-c5ccccc5)cc4)nc(-c4ccccc4-n4c5ccccc5c5c(-c6cccc7c6c6ccccc6n7-c6ccccc6)cccc54)n3)cccc21. The van der Waals surface area contributed by atoms with Crippen LogP contribution in [0.25, 0.3) is 123 Å². The molecule has 1 unspecified atom stereocenters. The molecule has 0 saturated carbocycles. The number of hydrogen-bond donors (Lipinski definition) is 0. The van der Waals surface area contributed by atoms with E-state index in [0.717, 1.165) is 44.7 Å². The van der Waals surface area contributed by atoms with Crippen molar-refractivity contribution in [2.24, 2.45) is 0 Å². The molecule has 1 atom stereocenters. The first-order valence-electron chi connectivity index (χ1n) is 24.0. The second-order valence-electron chi connectivity index (χ2n) is 18.3. The number of nitrogens with zero attached hydrogens (tertiary/aromatic N) is 5. The predicted octanol–water partition coefficient (Wildman–Crippen LogP) is 14.4. The largest absolute Gasteiger partial charge is 0.309 e. The van der Waals surface area contributed by atoms with E-state index in [-0.39, 0.29) is 0 Å². The van der Waals surface area contributed by atoms with Gasteiger partial charge in [-0.15, -0.1) is 0 Å². The van der Waals surface area contributed by atoms with E-state index in [4.69, 9.17) is 15.0 Å².